The van der Waals surface area contributed by atoms with Gasteiger partial charge in [0.1, 0.15) is 17.5 Å². The molecule has 152 valence electrons. The number of anilines is 1. The summed E-state index contributed by atoms with van der Waals surface area (Å²) in [7, 11) is 0. The number of amides is 1. The van der Waals surface area contributed by atoms with Crippen LogP contribution in [-0.4, -0.2) is 30.2 Å². The Kier molecular flexibility index (Phi) is 4.54. The van der Waals surface area contributed by atoms with Gasteiger partial charge in [0.05, 0.1) is 16.7 Å². The summed E-state index contributed by atoms with van der Waals surface area (Å²) in [5.41, 5.74) is 3.27. The Balaban J connectivity index is 1.39. The Bertz CT molecular complexity index is 1240. The van der Waals surface area contributed by atoms with E-state index in [1.807, 2.05) is 18.2 Å². The molecule has 1 aliphatic heterocycles. The second-order valence-corrected chi connectivity index (χ2v) is 7.52. The molecular formula is C22H21FN6O. The molecule has 0 saturated heterocycles. The number of nitrogens with one attached hydrogen (secondary N) is 1. The molecule has 0 saturated carbocycles. The molecule has 0 atom stereocenters. The fourth-order valence-corrected chi connectivity index (χ4v) is 3.93. The lowest BCUT2D eigenvalue weighted by molar-refractivity contribution is 0.101. The number of rotatable bonds is 3. The first-order chi connectivity index (χ1) is 14.6. The first-order valence-electron chi connectivity index (χ1n) is 10.1. The van der Waals surface area contributed by atoms with Gasteiger partial charge in [-0.2, -0.15) is 0 Å². The van der Waals surface area contributed by atoms with E-state index in [2.05, 4.69) is 20.0 Å². The molecule has 1 N–H and O–H groups in total. The largest absolute Gasteiger partial charge is 0.328 e. The Morgan fingerprint density at radius 1 is 1.07 bits per heavy atom. The molecule has 1 aliphatic rings. The standard InChI is InChI=1S/C22H21FN6O/c1-14-24-21(27-29(14)17-9-6-15(23)7-10-17)22(30)25-16-8-11-19-18(13-16)26-20-5-3-2-4-12-28(19)20/h6-11,13H,2-5,12H2,1H3,(H,25,30). The predicted octanol–water partition coefficient (Wildman–Crippen LogP) is 4.04. The van der Waals surface area contributed by atoms with Crippen LogP contribution in [0.1, 0.15) is 41.5 Å². The van der Waals surface area contributed by atoms with Crippen molar-refractivity contribution in [2.75, 3.05) is 5.32 Å². The van der Waals surface area contributed by atoms with E-state index in [1.165, 1.54) is 29.7 Å². The lowest BCUT2D eigenvalue weighted by Crippen LogP contribution is -2.14. The molecule has 2 aromatic carbocycles. The summed E-state index contributed by atoms with van der Waals surface area (Å²) >= 11 is 0. The molecule has 7 nitrogen and oxygen atoms in total. The van der Waals surface area contributed by atoms with E-state index < -0.39 is 5.91 Å². The van der Waals surface area contributed by atoms with Gasteiger partial charge in [-0.3, -0.25) is 4.79 Å². The topological polar surface area (TPSA) is 77.6 Å². The molecule has 0 bridgehead atoms. The summed E-state index contributed by atoms with van der Waals surface area (Å²) in [5.74, 6) is 0.972. The molecule has 0 spiro atoms. The number of nitrogens with zero attached hydrogens (tertiary/aromatic N) is 5. The van der Waals surface area contributed by atoms with Gasteiger partial charge in [0.15, 0.2) is 0 Å². The van der Waals surface area contributed by atoms with Gasteiger partial charge < -0.3 is 9.88 Å². The van der Waals surface area contributed by atoms with E-state index in [-0.39, 0.29) is 11.6 Å². The average molecular weight is 404 g/mol. The fourth-order valence-electron chi connectivity index (χ4n) is 3.93. The number of fused-ring (bicyclic) bond motifs is 3. The van der Waals surface area contributed by atoms with E-state index in [1.54, 1.807) is 19.1 Å². The van der Waals surface area contributed by atoms with Gasteiger partial charge in [0.2, 0.25) is 5.82 Å². The van der Waals surface area contributed by atoms with Gasteiger partial charge in [-0.05, 0) is 62.2 Å². The molecule has 30 heavy (non-hydrogen) atoms. The van der Waals surface area contributed by atoms with Crippen molar-refractivity contribution in [3.8, 4) is 5.69 Å². The van der Waals surface area contributed by atoms with Gasteiger partial charge >= 0.3 is 0 Å². The summed E-state index contributed by atoms with van der Waals surface area (Å²) in [6, 6.07) is 11.6. The Morgan fingerprint density at radius 3 is 2.73 bits per heavy atom. The number of aryl methyl sites for hydroxylation is 3. The van der Waals surface area contributed by atoms with Gasteiger partial charge in [0, 0.05) is 18.7 Å². The van der Waals surface area contributed by atoms with E-state index in [0.717, 1.165) is 36.2 Å². The summed E-state index contributed by atoms with van der Waals surface area (Å²) in [6.07, 6.45) is 4.55. The molecule has 0 aliphatic carbocycles. The third-order valence-electron chi connectivity index (χ3n) is 5.41. The quantitative estimate of drug-likeness (QED) is 0.559. The van der Waals surface area contributed by atoms with Crippen LogP contribution in [0.25, 0.3) is 16.7 Å². The van der Waals surface area contributed by atoms with E-state index in [9.17, 15) is 9.18 Å². The van der Waals surface area contributed by atoms with Crippen molar-refractivity contribution in [3.63, 3.8) is 0 Å². The highest BCUT2D eigenvalue weighted by Gasteiger charge is 2.17. The summed E-state index contributed by atoms with van der Waals surface area (Å²) in [6.45, 7) is 2.74. The monoisotopic (exact) mass is 404 g/mol. The molecule has 8 heteroatoms. The second kappa shape index (κ2) is 7.37. The van der Waals surface area contributed by atoms with Crippen molar-refractivity contribution in [3.05, 3.63) is 65.8 Å². The van der Waals surface area contributed by atoms with Crippen molar-refractivity contribution in [2.24, 2.45) is 0 Å². The van der Waals surface area contributed by atoms with Gasteiger partial charge in [-0.25, -0.2) is 19.0 Å². The van der Waals surface area contributed by atoms with Crippen LogP contribution in [0.3, 0.4) is 0 Å². The maximum atomic E-state index is 13.2. The molecule has 0 radical (unpaired) electrons. The number of hydrogen-bond donors (Lipinski definition) is 1. The molecule has 0 fully saturated rings. The zero-order valence-electron chi connectivity index (χ0n) is 16.6. The molecule has 2 aromatic heterocycles. The summed E-state index contributed by atoms with van der Waals surface area (Å²) in [5, 5.41) is 7.14. The van der Waals surface area contributed by atoms with Crippen LogP contribution in [0.2, 0.25) is 0 Å². The normalized spacial score (nSPS) is 13.8. The number of halogens is 1. The molecule has 3 heterocycles. The van der Waals surface area contributed by atoms with E-state index >= 15 is 0 Å². The lowest BCUT2D eigenvalue weighted by Gasteiger charge is -2.05. The van der Waals surface area contributed by atoms with E-state index in [4.69, 9.17) is 4.98 Å². The van der Waals surface area contributed by atoms with Gasteiger partial charge in [-0.1, -0.05) is 6.42 Å². The van der Waals surface area contributed by atoms with Crippen molar-refractivity contribution < 1.29 is 9.18 Å². The first kappa shape index (κ1) is 18.5. The highest BCUT2D eigenvalue weighted by molar-refractivity contribution is 6.02. The van der Waals surface area contributed by atoms with Crippen LogP contribution in [0, 0.1) is 12.7 Å². The average Bonchev–Trinajstić information content (AvgIpc) is 3.20. The SMILES string of the molecule is Cc1nc(C(=O)Nc2ccc3c(c2)nc2n3CCCCC2)nn1-c1ccc(F)cc1. The zero-order valence-corrected chi connectivity index (χ0v) is 16.6. The van der Waals surface area contributed by atoms with E-state index in [0.29, 0.717) is 17.2 Å². The number of benzene rings is 2. The third-order valence-corrected chi connectivity index (χ3v) is 5.41. The Labute approximate surface area is 172 Å². The number of carbonyl (C=O) groups excluding carboxylic acids is 1. The van der Waals surface area contributed by atoms with Crippen LogP contribution in [-0.2, 0) is 13.0 Å². The summed E-state index contributed by atoms with van der Waals surface area (Å²) < 4.78 is 17.0. The van der Waals surface area contributed by atoms with Crippen LogP contribution in [0.5, 0.6) is 0 Å². The van der Waals surface area contributed by atoms with Crippen molar-refractivity contribution in [1.29, 1.82) is 0 Å². The number of carbonyl (C=O) groups is 1. The molecule has 5 rings (SSSR count). The Hall–Kier alpha value is -3.55. The Morgan fingerprint density at radius 2 is 1.90 bits per heavy atom. The predicted molar refractivity (Wildman–Crippen MR) is 111 cm³/mol. The number of imidazole rings is 1. The third kappa shape index (κ3) is 3.34. The fraction of sp³-hybridized carbons (Fsp3) is 0.273. The highest BCUT2D eigenvalue weighted by Crippen LogP contribution is 2.24. The van der Waals surface area contributed by atoms with Crippen LogP contribution >= 0.6 is 0 Å². The van der Waals surface area contributed by atoms with Crippen molar-refractivity contribution >= 4 is 22.6 Å². The maximum Gasteiger partial charge on any atom is 0.295 e. The summed E-state index contributed by atoms with van der Waals surface area (Å²) in [4.78, 5) is 21.7. The molecular weight excluding hydrogens is 383 g/mol. The second-order valence-electron chi connectivity index (χ2n) is 7.52. The minimum Gasteiger partial charge on any atom is -0.328 e. The first-order valence-corrected chi connectivity index (χ1v) is 10.1. The minimum atomic E-state index is -0.404. The lowest BCUT2D eigenvalue weighted by atomic mass is 10.2. The number of hydrogen-bond acceptors (Lipinski definition) is 4. The van der Waals surface area contributed by atoms with Crippen molar-refractivity contribution in [1.82, 2.24) is 24.3 Å². The molecule has 4 aromatic rings. The highest BCUT2D eigenvalue weighted by atomic mass is 19.1. The van der Waals surface area contributed by atoms with Crippen LogP contribution < -0.4 is 5.32 Å². The van der Waals surface area contributed by atoms with Gasteiger partial charge in [-0.15, -0.1) is 5.10 Å². The van der Waals surface area contributed by atoms with Crippen LogP contribution in [0.15, 0.2) is 42.5 Å². The van der Waals surface area contributed by atoms with Crippen LogP contribution in [0.4, 0.5) is 10.1 Å². The van der Waals surface area contributed by atoms with Crippen molar-refractivity contribution in [2.45, 2.75) is 39.2 Å². The zero-order chi connectivity index (χ0) is 20.7. The maximum absolute atomic E-state index is 13.2. The molecule has 0 unspecified atom stereocenters. The smallest absolute Gasteiger partial charge is 0.295 e. The minimum absolute atomic E-state index is 0.0533. The molecule has 1 amide bonds. The van der Waals surface area contributed by atoms with Gasteiger partial charge in [0.25, 0.3) is 5.91 Å². The number of aromatic nitrogens is 5.